The SMILES string of the molecule is CC[C@H](NC(=O)c1ccc(F)cc1)c1ccc(OC)cc1. The Morgan fingerprint density at radius 1 is 1.14 bits per heavy atom. The van der Waals surface area contributed by atoms with Crippen molar-refractivity contribution in [2.75, 3.05) is 7.11 Å². The smallest absolute Gasteiger partial charge is 0.251 e. The number of rotatable bonds is 5. The first-order chi connectivity index (χ1) is 10.1. The third-order valence-corrected chi connectivity index (χ3v) is 3.34. The van der Waals surface area contributed by atoms with Gasteiger partial charge < -0.3 is 10.1 Å². The lowest BCUT2D eigenvalue weighted by molar-refractivity contribution is 0.0935. The number of hydrogen-bond donors (Lipinski definition) is 1. The number of hydrogen-bond acceptors (Lipinski definition) is 2. The van der Waals surface area contributed by atoms with Crippen LogP contribution in [-0.4, -0.2) is 13.0 Å². The molecule has 0 radical (unpaired) electrons. The fourth-order valence-electron chi connectivity index (χ4n) is 2.10. The molecule has 0 heterocycles. The summed E-state index contributed by atoms with van der Waals surface area (Å²) in [7, 11) is 1.61. The molecule has 1 atom stereocenters. The molecule has 4 heteroatoms. The van der Waals surface area contributed by atoms with Crippen LogP contribution in [0.5, 0.6) is 5.75 Å². The molecule has 2 aromatic carbocycles. The molecule has 2 rings (SSSR count). The maximum Gasteiger partial charge on any atom is 0.251 e. The highest BCUT2D eigenvalue weighted by Gasteiger charge is 2.14. The number of amides is 1. The van der Waals surface area contributed by atoms with E-state index in [-0.39, 0.29) is 17.8 Å². The van der Waals surface area contributed by atoms with Crippen molar-refractivity contribution >= 4 is 5.91 Å². The van der Waals surface area contributed by atoms with Crippen molar-refractivity contribution in [3.8, 4) is 5.75 Å². The summed E-state index contributed by atoms with van der Waals surface area (Å²) >= 11 is 0. The van der Waals surface area contributed by atoms with E-state index in [1.807, 2.05) is 31.2 Å². The van der Waals surface area contributed by atoms with Crippen molar-refractivity contribution in [3.05, 3.63) is 65.5 Å². The average Bonchev–Trinajstić information content (AvgIpc) is 2.53. The third kappa shape index (κ3) is 3.81. The van der Waals surface area contributed by atoms with E-state index >= 15 is 0 Å². The van der Waals surface area contributed by atoms with Crippen LogP contribution in [0.1, 0.15) is 35.3 Å². The Kier molecular flexibility index (Phi) is 4.93. The molecule has 0 bridgehead atoms. The van der Waals surface area contributed by atoms with Gasteiger partial charge in [0.15, 0.2) is 0 Å². The molecule has 0 spiro atoms. The highest BCUT2D eigenvalue weighted by atomic mass is 19.1. The van der Waals surface area contributed by atoms with Crippen LogP contribution >= 0.6 is 0 Å². The van der Waals surface area contributed by atoms with Gasteiger partial charge in [0.2, 0.25) is 0 Å². The van der Waals surface area contributed by atoms with Crippen molar-refractivity contribution < 1.29 is 13.9 Å². The minimum Gasteiger partial charge on any atom is -0.497 e. The minimum absolute atomic E-state index is 0.0894. The number of benzene rings is 2. The molecule has 1 amide bonds. The monoisotopic (exact) mass is 287 g/mol. The number of ether oxygens (including phenoxy) is 1. The van der Waals surface area contributed by atoms with Crippen molar-refractivity contribution in [2.24, 2.45) is 0 Å². The van der Waals surface area contributed by atoms with Crippen molar-refractivity contribution in [2.45, 2.75) is 19.4 Å². The topological polar surface area (TPSA) is 38.3 Å². The molecule has 0 aromatic heterocycles. The highest BCUT2D eigenvalue weighted by molar-refractivity contribution is 5.94. The van der Waals surface area contributed by atoms with Gasteiger partial charge in [0.05, 0.1) is 13.2 Å². The lowest BCUT2D eigenvalue weighted by Gasteiger charge is -2.18. The van der Waals surface area contributed by atoms with Crippen LogP contribution in [0.25, 0.3) is 0 Å². The molecule has 1 N–H and O–H groups in total. The predicted octanol–water partition coefficient (Wildman–Crippen LogP) is 3.72. The van der Waals surface area contributed by atoms with Gasteiger partial charge in [0, 0.05) is 5.56 Å². The molecule has 21 heavy (non-hydrogen) atoms. The first kappa shape index (κ1) is 15.0. The van der Waals surface area contributed by atoms with Gasteiger partial charge >= 0.3 is 0 Å². The molecule has 0 fully saturated rings. The second-order valence-corrected chi connectivity index (χ2v) is 4.71. The van der Waals surface area contributed by atoms with E-state index < -0.39 is 0 Å². The Balaban J connectivity index is 2.10. The maximum absolute atomic E-state index is 12.9. The minimum atomic E-state index is -0.353. The summed E-state index contributed by atoms with van der Waals surface area (Å²) in [4.78, 5) is 12.2. The standard InChI is InChI=1S/C17H18FNO2/c1-3-16(12-6-10-15(21-2)11-7-12)19-17(20)13-4-8-14(18)9-5-13/h4-11,16H,3H2,1-2H3,(H,19,20)/t16-/m0/s1. The fourth-order valence-corrected chi connectivity index (χ4v) is 2.10. The van der Waals surface area contributed by atoms with Crippen LogP contribution < -0.4 is 10.1 Å². The van der Waals surface area contributed by atoms with E-state index in [9.17, 15) is 9.18 Å². The molecular weight excluding hydrogens is 269 g/mol. The molecule has 0 saturated heterocycles. The maximum atomic E-state index is 12.9. The van der Waals surface area contributed by atoms with Crippen LogP contribution in [0.15, 0.2) is 48.5 Å². The zero-order chi connectivity index (χ0) is 15.2. The van der Waals surface area contributed by atoms with E-state index in [1.54, 1.807) is 7.11 Å². The Bertz CT molecular complexity index is 593. The first-order valence-electron chi connectivity index (χ1n) is 6.84. The summed E-state index contributed by atoms with van der Waals surface area (Å²) in [5.41, 5.74) is 1.46. The predicted molar refractivity (Wildman–Crippen MR) is 79.9 cm³/mol. The lowest BCUT2D eigenvalue weighted by Crippen LogP contribution is -2.28. The summed E-state index contributed by atoms with van der Waals surface area (Å²) in [6, 6.07) is 13.0. The van der Waals surface area contributed by atoms with Crippen molar-refractivity contribution in [1.82, 2.24) is 5.32 Å². The van der Waals surface area contributed by atoms with Crippen molar-refractivity contribution in [3.63, 3.8) is 0 Å². The Morgan fingerprint density at radius 2 is 1.76 bits per heavy atom. The summed E-state index contributed by atoms with van der Waals surface area (Å²) in [6.07, 6.45) is 0.763. The fraction of sp³-hybridized carbons (Fsp3) is 0.235. The largest absolute Gasteiger partial charge is 0.497 e. The van der Waals surface area contributed by atoms with E-state index in [1.165, 1.54) is 24.3 Å². The van der Waals surface area contributed by atoms with E-state index in [2.05, 4.69) is 5.32 Å². The summed E-state index contributed by atoms with van der Waals surface area (Å²) < 4.78 is 18.0. The number of nitrogens with one attached hydrogen (secondary N) is 1. The normalized spacial score (nSPS) is 11.8. The van der Waals surface area contributed by atoms with Gasteiger partial charge in [-0.3, -0.25) is 4.79 Å². The van der Waals surface area contributed by atoms with Crippen LogP contribution in [0.2, 0.25) is 0 Å². The Morgan fingerprint density at radius 3 is 2.29 bits per heavy atom. The van der Waals surface area contributed by atoms with Gasteiger partial charge in [-0.2, -0.15) is 0 Å². The van der Waals surface area contributed by atoms with Crippen LogP contribution in [-0.2, 0) is 0 Å². The van der Waals surface area contributed by atoms with Crippen LogP contribution in [0.3, 0.4) is 0 Å². The zero-order valence-corrected chi connectivity index (χ0v) is 12.1. The van der Waals surface area contributed by atoms with Gasteiger partial charge in [-0.15, -0.1) is 0 Å². The van der Waals surface area contributed by atoms with E-state index in [0.29, 0.717) is 5.56 Å². The number of carbonyl (C=O) groups is 1. The van der Waals surface area contributed by atoms with Gasteiger partial charge in [0.25, 0.3) is 5.91 Å². The Hall–Kier alpha value is -2.36. The molecule has 0 saturated carbocycles. The van der Waals surface area contributed by atoms with Gasteiger partial charge in [-0.1, -0.05) is 19.1 Å². The summed E-state index contributed by atoms with van der Waals surface area (Å²) in [5.74, 6) is 0.213. The van der Waals surface area contributed by atoms with Crippen molar-refractivity contribution in [1.29, 1.82) is 0 Å². The Labute approximate surface area is 123 Å². The lowest BCUT2D eigenvalue weighted by atomic mass is 10.0. The van der Waals surface area contributed by atoms with Crippen LogP contribution in [0, 0.1) is 5.82 Å². The molecule has 0 aliphatic carbocycles. The number of methoxy groups -OCH3 is 1. The quantitative estimate of drug-likeness (QED) is 0.910. The molecule has 110 valence electrons. The average molecular weight is 287 g/mol. The van der Waals surface area contributed by atoms with E-state index in [0.717, 1.165) is 17.7 Å². The van der Waals surface area contributed by atoms with Gasteiger partial charge in [-0.25, -0.2) is 4.39 Å². The summed E-state index contributed by atoms with van der Waals surface area (Å²) in [5, 5.41) is 2.95. The molecule has 0 aliphatic heterocycles. The van der Waals surface area contributed by atoms with Gasteiger partial charge in [0.1, 0.15) is 11.6 Å². The third-order valence-electron chi connectivity index (χ3n) is 3.34. The second-order valence-electron chi connectivity index (χ2n) is 4.71. The molecule has 0 unspecified atom stereocenters. The van der Waals surface area contributed by atoms with Crippen LogP contribution in [0.4, 0.5) is 4.39 Å². The summed E-state index contributed by atoms with van der Waals surface area (Å²) in [6.45, 7) is 2.00. The highest BCUT2D eigenvalue weighted by Crippen LogP contribution is 2.20. The molecule has 0 aliphatic rings. The van der Waals surface area contributed by atoms with E-state index in [4.69, 9.17) is 4.74 Å². The zero-order valence-electron chi connectivity index (χ0n) is 12.1. The first-order valence-corrected chi connectivity index (χ1v) is 6.84. The number of halogens is 1. The number of carbonyl (C=O) groups excluding carboxylic acids is 1. The molecule has 2 aromatic rings. The second kappa shape index (κ2) is 6.88. The molecule has 3 nitrogen and oxygen atoms in total. The molecular formula is C17H18FNO2. The van der Waals surface area contributed by atoms with Gasteiger partial charge in [-0.05, 0) is 48.4 Å².